The lowest BCUT2D eigenvalue weighted by Gasteiger charge is -2.18. The molecule has 1 saturated carbocycles. The summed E-state index contributed by atoms with van der Waals surface area (Å²) in [4.78, 5) is 17.2. The molecule has 0 atom stereocenters. The molecule has 1 aromatic heterocycles. The van der Waals surface area contributed by atoms with Crippen LogP contribution in [0.15, 0.2) is 79.5 Å². The zero-order valence-electron chi connectivity index (χ0n) is 35.4. The van der Waals surface area contributed by atoms with Crippen LogP contribution in [0, 0.1) is 0 Å². The number of allylic oxidation sites excluding steroid dienone is 3. The molecule has 1 fully saturated rings. The minimum Gasteiger partial charge on any atom is -0.395 e. The number of nitrogens with zero attached hydrogens (tertiary/aromatic N) is 2. The number of aromatic nitrogens is 1. The van der Waals surface area contributed by atoms with Crippen LogP contribution in [0.3, 0.4) is 0 Å². The first-order valence-electron chi connectivity index (χ1n) is 20.2. The Morgan fingerprint density at radius 1 is 0.925 bits per heavy atom. The summed E-state index contributed by atoms with van der Waals surface area (Å²) in [6, 6.07) is 19.3. The van der Waals surface area contributed by atoms with Crippen molar-refractivity contribution in [3.8, 4) is 11.1 Å². The van der Waals surface area contributed by atoms with Crippen molar-refractivity contribution in [1.82, 2.24) is 9.88 Å². The molecular weight excluding hydrogens is 657 g/mol. The highest BCUT2D eigenvalue weighted by Crippen LogP contribution is 2.25. The van der Waals surface area contributed by atoms with E-state index in [4.69, 9.17) is 21.3 Å². The summed E-state index contributed by atoms with van der Waals surface area (Å²) in [6.45, 7) is 30.4. The van der Waals surface area contributed by atoms with Gasteiger partial charge in [-0.3, -0.25) is 4.79 Å². The van der Waals surface area contributed by atoms with E-state index in [1.54, 1.807) is 18.3 Å². The van der Waals surface area contributed by atoms with E-state index in [0.717, 1.165) is 37.4 Å². The molecule has 0 bridgehead atoms. The molecular formula is C46H76N4O3. The van der Waals surface area contributed by atoms with Gasteiger partial charge in [0.15, 0.2) is 0 Å². The third-order valence-electron chi connectivity index (χ3n) is 8.20. The fourth-order valence-electron chi connectivity index (χ4n) is 5.47. The number of rotatable bonds is 14. The van der Waals surface area contributed by atoms with Gasteiger partial charge >= 0.3 is 0 Å². The zero-order valence-corrected chi connectivity index (χ0v) is 35.4. The first-order valence-corrected chi connectivity index (χ1v) is 20.2. The number of hydrogen-bond donors (Lipinski definition) is 3. The Balaban J connectivity index is 0. The van der Waals surface area contributed by atoms with Gasteiger partial charge in [-0.1, -0.05) is 149 Å². The fourth-order valence-corrected chi connectivity index (χ4v) is 5.47. The van der Waals surface area contributed by atoms with Crippen LogP contribution in [-0.4, -0.2) is 53.2 Å². The Hall–Kier alpha value is -3.78. The summed E-state index contributed by atoms with van der Waals surface area (Å²) in [5.41, 5.74) is 17.8. The minimum absolute atomic E-state index is 0.144. The number of ether oxygens (including phenoxy) is 1. The predicted molar refractivity (Wildman–Crippen MR) is 232 cm³/mol. The van der Waals surface area contributed by atoms with Crippen molar-refractivity contribution in [2.45, 2.75) is 133 Å². The van der Waals surface area contributed by atoms with E-state index >= 15 is 0 Å². The standard InChI is InChI=1S/C21H26O.C11H13N3O.C8H19NO.3C2H6/c1-16(2)18-11-13-20(14-12-18)19-9-7-17(8-10-19)15-22-21-5-3-4-6-21;1-3-7(4-2)8-5-9(11(13)15)10(12)14-6-8;1-3-5-9(6-4-2)7-8-10;3*1-2/h7-14,16,21H,3-6,15H2,1-2H3;3-6H,1H2,2H3,(H2,12,14)(H2,13,15);10H,3-8H2,1-2H3;3*1-2H3/b;7-4+;;;;. The van der Waals surface area contributed by atoms with Gasteiger partial charge in [-0.15, -0.1) is 0 Å². The first kappa shape index (κ1) is 51.3. The lowest BCUT2D eigenvalue weighted by atomic mass is 9.98. The van der Waals surface area contributed by atoms with Gasteiger partial charge in [0.2, 0.25) is 0 Å². The molecule has 7 heteroatoms. The Morgan fingerprint density at radius 3 is 1.85 bits per heavy atom. The quantitative estimate of drug-likeness (QED) is 0.142. The molecule has 1 aliphatic rings. The molecule has 0 saturated heterocycles. The maximum Gasteiger partial charge on any atom is 0.252 e. The van der Waals surface area contributed by atoms with Crippen molar-refractivity contribution in [3.63, 3.8) is 0 Å². The number of aliphatic hydroxyl groups excluding tert-OH is 1. The van der Waals surface area contributed by atoms with Crippen LogP contribution < -0.4 is 11.5 Å². The number of nitrogens with two attached hydrogens (primary N) is 2. The SMILES string of the molecule is C=C/C(=C\C)c1cnc(N)c(C(N)=O)c1.CC.CC.CC.CC(C)c1ccc(-c2ccc(COC3CCCC3)cc2)cc1.CCCN(CCC)CCO. The van der Waals surface area contributed by atoms with Gasteiger partial charge < -0.3 is 26.2 Å². The Labute approximate surface area is 325 Å². The van der Waals surface area contributed by atoms with Crippen LogP contribution in [0.4, 0.5) is 5.82 Å². The highest BCUT2D eigenvalue weighted by atomic mass is 16.5. The van der Waals surface area contributed by atoms with Gasteiger partial charge in [0.05, 0.1) is 24.9 Å². The number of carbonyl (C=O) groups excluding carboxylic acids is 1. The minimum atomic E-state index is -0.582. The maximum absolute atomic E-state index is 11.0. The Bertz CT molecular complexity index is 1350. The van der Waals surface area contributed by atoms with Crippen LogP contribution in [0.2, 0.25) is 0 Å². The smallest absolute Gasteiger partial charge is 0.252 e. The molecule has 4 rings (SSSR count). The summed E-state index contributed by atoms with van der Waals surface area (Å²) in [6.07, 6.45) is 13.1. The van der Waals surface area contributed by atoms with E-state index in [0.29, 0.717) is 18.6 Å². The second kappa shape index (κ2) is 32.8. The molecule has 298 valence electrons. The van der Waals surface area contributed by atoms with Crippen molar-refractivity contribution in [3.05, 3.63) is 102 Å². The summed E-state index contributed by atoms with van der Waals surface area (Å²) in [5.74, 6) is 0.149. The fraction of sp³-hybridized carbons (Fsp3) is 0.522. The second-order valence-corrected chi connectivity index (χ2v) is 12.2. The molecule has 0 spiro atoms. The molecule has 7 nitrogen and oxygen atoms in total. The molecule has 1 heterocycles. The maximum atomic E-state index is 11.0. The average molecular weight is 733 g/mol. The first-order chi connectivity index (χ1) is 25.7. The van der Waals surface area contributed by atoms with E-state index in [2.05, 4.69) is 92.7 Å². The molecule has 0 unspecified atom stereocenters. The van der Waals surface area contributed by atoms with E-state index in [1.807, 2.05) is 54.5 Å². The van der Waals surface area contributed by atoms with Crippen molar-refractivity contribution >= 4 is 17.3 Å². The third kappa shape index (κ3) is 20.9. The molecule has 3 aromatic rings. The number of anilines is 1. The van der Waals surface area contributed by atoms with Gasteiger partial charge in [-0.25, -0.2) is 4.98 Å². The molecule has 0 aliphatic heterocycles. The largest absolute Gasteiger partial charge is 0.395 e. The van der Waals surface area contributed by atoms with Crippen LogP contribution in [-0.2, 0) is 11.3 Å². The molecule has 0 radical (unpaired) electrons. The van der Waals surface area contributed by atoms with Gasteiger partial charge in [0, 0.05) is 18.3 Å². The topological polar surface area (TPSA) is 115 Å². The number of hydrogen-bond acceptors (Lipinski definition) is 6. The van der Waals surface area contributed by atoms with E-state index in [9.17, 15) is 4.79 Å². The van der Waals surface area contributed by atoms with Gasteiger partial charge in [0.1, 0.15) is 5.82 Å². The summed E-state index contributed by atoms with van der Waals surface area (Å²) in [5, 5.41) is 8.65. The van der Waals surface area contributed by atoms with Crippen molar-refractivity contribution in [2.24, 2.45) is 5.73 Å². The average Bonchev–Trinajstić information content (AvgIpc) is 3.72. The molecule has 5 N–H and O–H groups in total. The summed E-state index contributed by atoms with van der Waals surface area (Å²) >= 11 is 0. The number of benzene rings is 2. The van der Waals surface area contributed by atoms with E-state index < -0.39 is 5.91 Å². The van der Waals surface area contributed by atoms with Crippen LogP contribution in [0.25, 0.3) is 16.7 Å². The van der Waals surface area contributed by atoms with Crippen LogP contribution in [0.1, 0.15) is 148 Å². The predicted octanol–water partition coefficient (Wildman–Crippen LogP) is 11.5. The summed E-state index contributed by atoms with van der Waals surface area (Å²) in [7, 11) is 0. The third-order valence-corrected chi connectivity index (χ3v) is 8.20. The molecule has 1 aliphatic carbocycles. The lowest BCUT2D eigenvalue weighted by molar-refractivity contribution is 0.0457. The highest BCUT2D eigenvalue weighted by molar-refractivity contribution is 5.98. The van der Waals surface area contributed by atoms with E-state index in [-0.39, 0.29) is 11.4 Å². The zero-order chi connectivity index (χ0) is 40.6. The lowest BCUT2D eigenvalue weighted by Crippen LogP contribution is -2.28. The van der Waals surface area contributed by atoms with Crippen molar-refractivity contribution in [1.29, 1.82) is 0 Å². The normalized spacial score (nSPS) is 12.0. The molecule has 53 heavy (non-hydrogen) atoms. The van der Waals surface area contributed by atoms with E-state index in [1.165, 1.54) is 60.8 Å². The Morgan fingerprint density at radius 2 is 1.43 bits per heavy atom. The molecule has 1 amide bonds. The van der Waals surface area contributed by atoms with Crippen LogP contribution in [0.5, 0.6) is 0 Å². The highest BCUT2D eigenvalue weighted by Gasteiger charge is 2.15. The number of primary amides is 1. The monoisotopic (exact) mass is 733 g/mol. The van der Waals surface area contributed by atoms with Gasteiger partial charge in [-0.05, 0) is 85.5 Å². The number of pyridine rings is 1. The number of amides is 1. The Kier molecular flexibility index (Phi) is 31.8. The van der Waals surface area contributed by atoms with Gasteiger partial charge in [-0.2, -0.15) is 0 Å². The van der Waals surface area contributed by atoms with Gasteiger partial charge in [0.25, 0.3) is 5.91 Å². The van der Waals surface area contributed by atoms with Crippen molar-refractivity contribution < 1.29 is 14.6 Å². The summed E-state index contributed by atoms with van der Waals surface area (Å²) < 4.78 is 5.98. The number of carbonyl (C=O) groups is 1. The number of aliphatic hydroxyl groups is 1. The number of nitrogen functional groups attached to an aromatic ring is 1. The van der Waals surface area contributed by atoms with Crippen LogP contribution >= 0.6 is 0 Å². The molecule has 2 aromatic carbocycles. The van der Waals surface area contributed by atoms with Crippen molar-refractivity contribution in [2.75, 3.05) is 32.0 Å². The second-order valence-electron chi connectivity index (χ2n) is 12.2.